The first-order valence-corrected chi connectivity index (χ1v) is 11.3. The molecule has 0 atom stereocenters. The quantitative estimate of drug-likeness (QED) is 0.425. The Kier molecular flexibility index (Phi) is 6.86. The number of carbonyl (C=O) groups is 3. The molecule has 4 rings (SSSR count). The number of ether oxygens (including phenoxy) is 1. The SMILES string of the molecule is CC(C)(CNC(=O)OCC1c2ccccc2-c2ccccc21)CC(=O)NCc1cc(C(=O)O)no1. The van der Waals surface area contributed by atoms with Crippen LogP contribution in [0.4, 0.5) is 4.79 Å². The van der Waals surface area contributed by atoms with Crippen molar-refractivity contribution in [3.63, 3.8) is 0 Å². The van der Waals surface area contributed by atoms with Crippen molar-refractivity contribution in [3.05, 3.63) is 77.2 Å². The van der Waals surface area contributed by atoms with Crippen LogP contribution in [0.1, 0.15) is 53.6 Å². The van der Waals surface area contributed by atoms with E-state index in [-0.39, 0.29) is 49.4 Å². The standard InChI is InChI=1S/C26H27N3O6/c1-26(2,12-23(30)27-13-16-11-22(24(31)32)29-35-16)15-28-25(33)34-14-21-19-9-5-3-7-17(19)18-8-4-6-10-20(18)21/h3-11,21H,12-15H2,1-2H3,(H,27,30)(H,28,33)(H,31,32). The van der Waals surface area contributed by atoms with E-state index >= 15 is 0 Å². The third kappa shape index (κ3) is 5.68. The lowest BCUT2D eigenvalue weighted by Gasteiger charge is -2.24. The van der Waals surface area contributed by atoms with Crippen LogP contribution in [0.2, 0.25) is 0 Å². The highest BCUT2D eigenvalue weighted by Crippen LogP contribution is 2.44. The number of nitrogens with zero attached hydrogens (tertiary/aromatic N) is 1. The van der Waals surface area contributed by atoms with Crippen LogP contribution in [0, 0.1) is 5.41 Å². The molecule has 182 valence electrons. The minimum Gasteiger partial charge on any atom is -0.476 e. The number of aromatic carboxylic acids is 1. The molecule has 2 aromatic carbocycles. The van der Waals surface area contributed by atoms with Crippen LogP contribution in [0.25, 0.3) is 11.1 Å². The van der Waals surface area contributed by atoms with Gasteiger partial charge in [-0.25, -0.2) is 9.59 Å². The van der Waals surface area contributed by atoms with Crippen molar-refractivity contribution in [2.24, 2.45) is 5.41 Å². The fourth-order valence-corrected chi connectivity index (χ4v) is 4.20. The number of nitrogens with one attached hydrogen (secondary N) is 2. The first-order valence-electron chi connectivity index (χ1n) is 11.3. The van der Waals surface area contributed by atoms with Gasteiger partial charge in [-0.15, -0.1) is 0 Å². The second-order valence-electron chi connectivity index (χ2n) is 9.28. The minimum absolute atomic E-state index is 0.0228. The summed E-state index contributed by atoms with van der Waals surface area (Å²) in [6.07, 6.45) is -0.403. The molecule has 9 nitrogen and oxygen atoms in total. The Bertz CT molecular complexity index is 1200. The lowest BCUT2D eigenvalue weighted by molar-refractivity contribution is -0.123. The zero-order chi connectivity index (χ0) is 25.0. The molecule has 0 spiro atoms. The van der Waals surface area contributed by atoms with Crippen molar-refractivity contribution >= 4 is 18.0 Å². The van der Waals surface area contributed by atoms with Gasteiger partial charge in [-0.2, -0.15) is 0 Å². The minimum atomic E-state index is -1.20. The van der Waals surface area contributed by atoms with E-state index in [1.165, 1.54) is 6.07 Å². The fourth-order valence-electron chi connectivity index (χ4n) is 4.20. The number of hydrogen-bond acceptors (Lipinski definition) is 6. The van der Waals surface area contributed by atoms with Crippen LogP contribution < -0.4 is 10.6 Å². The van der Waals surface area contributed by atoms with Crippen LogP contribution >= 0.6 is 0 Å². The van der Waals surface area contributed by atoms with E-state index in [1.54, 1.807) is 0 Å². The van der Waals surface area contributed by atoms with Gasteiger partial charge in [0, 0.05) is 24.9 Å². The van der Waals surface area contributed by atoms with Crippen molar-refractivity contribution in [1.29, 1.82) is 0 Å². The number of hydrogen-bond donors (Lipinski definition) is 3. The predicted molar refractivity (Wildman–Crippen MR) is 127 cm³/mol. The Morgan fingerprint density at radius 2 is 1.66 bits per heavy atom. The van der Waals surface area contributed by atoms with Gasteiger partial charge in [0.25, 0.3) is 0 Å². The third-order valence-corrected chi connectivity index (χ3v) is 5.93. The molecular weight excluding hydrogens is 450 g/mol. The summed E-state index contributed by atoms with van der Waals surface area (Å²) in [7, 11) is 0. The maximum Gasteiger partial charge on any atom is 0.407 e. The fraction of sp³-hybridized carbons (Fsp3) is 0.308. The van der Waals surface area contributed by atoms with Crippen molar-refractivity contribution in [3.8, 4) is 11.1 Å². The lowest BCUT2D eigenvalue weighted by atomic mass is 9.89. The summed E-state index contributed by atoms with van der Waals surface area (Å²) in [4.78, 5) is 35.6. The molecule has 3 N–H and O–H groups in total. The van der Waals surface area contributed by atoms with Crippen LogP contribution in [0.15, 0.2) is 59.1 Å². The molecule has 9 heteroatoms. The predicted octanol–water partition coefficient (Wildman–Crippen LogP) is 3.94. The highest BCUT2D eigenvalue weighted by molar-refractivity contribution is 5.85. The summed E-state index contributed by atoms with van der Waals surface area (Å²) < 4.78 is 10.4. The van der Waals surface area contributed by atoms with Crippen LogP contribution in [-0.4, -0.2) is 41.4 Å². The first kappa shape index (κ1) is 24.0. The van der Waals surface area contributed by atoms with Crippen molar-refractivity contribution < 1.29 is 28.8 Å². The van der Waals surface area contributed by atoms with E-state index in [1.807, 2.05) is 38.1 Å². The van der Waals surface area contributed by atoms with Crippen molar-refractivity contribution in [2.45, 2.75) is 32.7 Å². The van der Waals surface area contributed by atoms with Gasteiger partial charge < -0.3 is 25.0 Å². The number of alkyl carbamates (subject to hydrolysis) is 1. The monoisotopic (exact) mass is 477 g/mol. The molecule has 1 aliphatic carbocycles. The average Bonchev–Trinajstić information content (AvgIpc) is 3.43. The number of amides is 2. The molecule has 1 aromatic heterocycles. The summed E-state index contributed by atoms with van der Waals surface area (Å²) in [5.74, 6) is -1.25. The molecule has 0 unspecified atom stereocenters. The van der Waals surface area contributed by atoms with E-state index in [9.17, 15) is 14.4 Å². The average molecular weight is 478 g/mol. The van der Waals surface area contributed by atoms with E-state index in [4.69, 9.17) is 14.4 Å². The number of benzene rings is 2. The van der Waals surface area contributed by atoms with E-state index in [2.05, 4.69) is 40.1 Å². The molecule has 3 aromatic rings. The van der Waals surface area contributed by atoms with Gasteiger partial charge in [-0.3, -0.25) is 4.79 Å². The Morgan fingerprint density at radius 3 is 2.26 bits per heavy atom. The molecule has 1 aliphatic rings. The molecule has 1 heterocycles. The van der Waals surface area contributed by atoms with Gasteiger partial charge >= 0.3 is 12.1 Å². The Hall–Kier alpha value is -4.14. The molecule has 35 heavy (non-hydrogen) atoms. The van der Waals surface area contributed by atoms with Gasteiger partial charge in [0.1, 0.15) is 6.61 Å². The smallest absolute Gasteiger partial charge is 0.407 e. The zero-order valence-electron chi connectivity index (χ0n) is 19.5. The maximum absolute atomic E-state index is 12.4. The summed E-state index contributed by atoms with van der Waals surface area (Å²) in [5, 5.41) is 17.7. The zero-order valence-corrected chi connectivity index (χ0v) is 19.5. The Labute approximate surface area is 202 Å². The Balaban J connectivity index is 1.24. The normalized spacial score (nSPS) is 12.5. The van der Waals surface area contributed by atoms with Gasteiger partial charge in [0.2, 0.25) is 5.91 Å². The molecule has 0 bridgehead atoms. The second kappa shape index (κ2) is 10.0. The lowest BCUT2D eigenvalue weighted by Crippen LogP contribution is -2.38. The van der Waals surface area contributed by atoms with Crippen LogP contribution in [0.3, 0.4) is 0 Å². The summed E-state index contributed by atoms with van der Waals surface area (Å²) in [6.45, 7) is 4.19. The number of fused-ring (bicyclic) bond motifs is 3. The highest BCUT2D eigenvalue weighted by atomic mass is 16.5. The number of rotatable bonds is 9. The summed E-state index contributed by atoms with van der Waals surface area (Å²) in [5.41, 5.74) is 3.84. The molecule has 0 radical (unpaired) electrons. The molecular formula is C26H27N3O6. The van der Waals surface area contributed by atoms with E-state index < -0.39 is 17.5 Å². The van der Waals surface area contributed by atoms with Gasteiger partial charge in [0.15, 0.2) is 11.5 Å². The number of carboxylic acids is 1. The molecule has 2 amide bonds. The van der Waals surface area contributed by atoms with Gasteiger partial charge in [-0.05, 0) is 27.7 Å². The largest absolute Gasteiger partial charge is 0.476 e. The first-order chi connectivity index (χ1) is 16.7. The highest BCUT2D eigenvalue weighted by Gasteiger charge is 2.29. The number of carbonyl (C=O) groups excluding carboxylic acids is 2. The topological polar surface area (TPSA) is 131 Å². The maximum atomic E-state index is 12.4. The van der Waals surface area contributed by atoms with Crippen molar-refractivity contribution in [2.75, 3.05) is 13.2 Å². The summed E-state index contributed by atoms with van der Waals surface area (Å²) >= 11 is 0. The van der Waals surface area contributed by atoms with Crippen molar-refractivity contribution in [1.82, 2.24) is 15.8 Å². The van der Waals surface area contributed by atoms with Crippen LogP contribution in [-0.2, 0) is 16.1 Å². The molecule has 0 saturated heterocycles. The second-order valence-corrected chi connectivity index (χ2v) is 9.28. The third-order valence-electron chi connectivity index (χ3n) is 5.93. The van der Waals surface area contributed by atoms with Gasteiger partial charge in [0.05, 0.1) is 6.54 Å². The number of carboxylic acid groups (broad SMARTS) is 1. The summed E-state index contributed by atoms with van der Waals surface area (Å²) in [6, 6.07) is 17.5. The van der Waals surface area contributed by atoms with Gasteiger partial charge in [-0.1, -0.05) is 67.5 Å². The molecule has 0 aliphatic heterocycles. The van der Waals surface area contributed by atoms with E-state index in [0.717, 1.165) is 22.3 Å². The number of aromatic nitrogens is 1. The van der Waals surface area contributed by atoms with Crippen LogP contribution in [0.5, 0.6) is 0 Å². The molecule has 0 fully saturated rings. The Morgan fingerprint density at radius 1 is 1.03 bits per heavy atom. The van der Waals surface area contributed by atoms with E-state index in [0.29, 0.717) is 0 Å². The molecule has 0 saturated carbocycles.